The summed E-state index contributed by atoms with van der Waals surface area (Å²) in [6.45, 7) is 12.6. The van der Waals surface area contributed by atoms with Gasteiger partial charge in [-0.3, -0.25) is 19.1 Å². The van der Waals surface area contributed by atoms with Gasteiger partial charge in [0.1, 0.15) is 12.7 Å². The third-order valence-electron chi connectivity index (χ3n) is 7.18. The molecular weight excluding hydrogens is 524 g/mol. The van der Waals surface area contributed by atoms with Gasteiger partial charge in [0.05, 0.1) is 6.61 Å². The Balaban J connectivity index is 1.92. The van der Waals surface area contributed by atoms with Crippen LogP contribution in [0.15, 0.2) is 0 Å². The van der Waals surface area contributed by atoms with Crippen LogP contribution < -0.4 is 0 Å². The first-order chi connectivity index (χ1) is 18.4. The van der Waals surface area contributed by atoms with Gasteiger partial charge in [0.25, 0.3) is 5.97 Å². The quantitative estimate of drug-likeness (QED) is 0.101. The molecule has 0 aromatic carbocycles. The molecule has 0 bridgehead atoms. The smallest absolute Gasteiger partial charge is 0.303 e. The SMILES string of the molecule is CCCCCCCCCC[Si](C)(C)CCOC1(C)OC2OC(COC(C)=O)C(OC(C)=O)C(OC(C)=O)C2O1. The Bertz CT molecular complexity index is 790. The molecule has 0 spiro atoms. The highest BCUT2D eigenvalue weighted by Crippen LogP contribution is 2.40. The zero-order valence-corrected chi connectivity index (χ0v) is 26.0. The molecule has 2 aliphatic heterocycles. The standard InChI is InChI=1S/C28H50O10Si/c1-8-9-10-11-12-13-14-15-17-39(6,7)18-16-33-28(5)37-26-25(35-22(4)31)24(34-21(3)30)23(19-32-20(2)29)36-27(26)38-28/h23-27H,8-19H2,1-7H3. The molecule has 10 nitrogen and oxygen atoms in total. The third kappa shape index (κ3) is 11.8. The van der Waals surface area contributed by atoms with E-state index in [0.717, 1.165) is 6.04 Å². The molecule has 0 aliphatic carbocycles. The van der Waals surface area contributed by atoms with Crippen LogP contribution in [0.25, 0.3) is 0 Å². The Labute approximate surface area is 234 Å². The maximum atomic E-state index is 11.9. The largest absolute Gasteiger partial charge is 0.463 e. The number of fused-ring (bicyclic) bond motifs is 1. The first-order valence-electron chi connectivity index (χ1n) is 14.5. The molecule has 2 saturated heterocycles. The van der Waals surface area contributed by atoms with Gasteiger partial charge < -0.3 is 28.4 Å². The van der Waals surface area contributed by atoms with Crippen molar-refractivity contribution in [2.24, 2.45) is 0 Å². The number of unbranched alkanes of at least 4 members (excludes halogenated alkanes) is 7. The molecule has 0 aromatic heterocycles. The monoisotopic (exact) mass is 574 g/mol. The highest BCUT2D eigenvalue weighted by Gasteiger charge is 2.59. The van der Waals surface area contributed by atoms with E-state index in [-0.39, 0.29) is 6.61 Å². The fourth-order valence-corrected chi connectivity index (χ4v) is 7.13. The lowest BCUT2D eigenvalue weighted by atomic mass is 9.98. The van der Waals surface area contributed by atoms with Crippen LogP contribution in [0, 0.1) is 0 Å². The maximum Gasteiger partial charge on any atom is 0.303 e. The van der Waals surface area contributed by atoms with Crippen molar-refractivity contribution in [1.29, 1.82) is 0 Å². The summed E-state index contributed by atoms with van der Waals surface area (Å²) in [5.41, 5.74) is 0. The number of ether oxygens (including phenoxy) is 7. The van der Waals surface area contributed by atoms with E-state index in [9.17, 15) is 14.4 Å². The number of rotatable bonds is 17. The van der Waals surface area contributed by atoms with Crippen molar-refractivity contribution >= 4 is 26.0 Å². The van der Waals surface area contributed by atoms with Gasteiger partial charge in [-0.05, 0) is 6.04 Å². The van der Waals surface area contributed by atoms with E-state index in [2.05, 4.69) is 20.0 Å². The summed E-state index contributed by atoms with van der Waals surface area (Å²) in [4.78, 5) is 35.2. The summed E-state index contributed by atoms with van der Waals surface area (Å²) < 4.78 is 40.2. The third-order valence-corrected chi connectivity index (χ3v) is 10.4. The average molecular weight is 575 g/mol. The molecule has 6 unspecified atom stereocenters. The fourth-order valence-electron chi connectivity index (χ4n) is 5.02. The topological polar surface area (TPSA) is 116 Å². The summed E-state index contributed by atoms with van der Waals surface area (Å²) in [5.74, 6) is -3.15. The van der Waals surface area contributed by atoms with E-state index in [0.29, 0.717) is 6.61 Å². The molecule has 6 atom stereocenters. The van der Waals surface area contributed by atoms with Crippen molar-refractivity contribution < 1.29 is 47.5 Å². The van der Waals surface area contributed by atoms with Gasteiger partial charge in [-0.1, -0.05) is 77.4 Å². The zero-order chi connectivity index (χ0) is 29.1. The lowest BCUT2D eigenvalue weighted by molar-refractivity contribution is -0.342. The minimum absolute atomic E-state index is 0.215. The molecular formula is C28H50O10Si. The van der Waals surface area contributed by atoms with Crippen molar-refractivity contribution in [3.05, 3.63) is 0 Å². The predicted octanol–water partition coefficient (Wildman–Crippen LogP) is 5.09. The highest BCUT2D eigenvalue weighted by molar-refractivity contribution is 6.77. The second kappa shape index (κ2) is 16.0. The van der Waals surface area contributed by atoms with E-state index in [4.69, 9.17) is 33.2 Å². The van der Waals surface area contributed by atoms with Crippen molar-refractivity contribution in [2.45, 2.75) is 148 Å². The van der Waals surface area contributed by atoms with Gasteiger partial charge in [0.2, 0.25) is 0 Å². The van der Waals surface area contributed by atoms with Crippen LogP contribution >= 0.6 is 0 Å². The number of esters is 3. The molecule has 0 radical (unpaired) electrons. The molecule has 0 saturated carbocycles. The van der Waals surface area contributed by atoms with Crippen LogP contribution in [0.4, 0.5) is 0 Å². The molecule has 39 heavy (non-hydrogen) atoms. The van der Waals surface area contributed by atoms with Crippen LogP contribution in [0.1, 0.15) is 86.0 Å². The Hall–Kier alpha value is -1.53. The van der Waals surface area contributed by atoms with Gasteiger partial charge in [0, 0.05) is 35.8 Å². The molecule has 0 N–H and O–H groups in total. The summed E-state index contributed by atoms with van der Waals surface area (Å²) in [6, 6.07) is 2.19. The predicted molar refractivity (Wildman–Crippen MR) is 146 cm³/mol. The number of carbonyl (C=O) groups is 3. The first kappa shape index (κ1) is 33.7. The Kier molecular flexibility index (Phi) is 13.9. The maximum absolute atomic E-state index is 11.9. The summed E-state index contributed by atoms with van der Waals surface area (Å²) in [6.07, 6.45) is 5.58. The van der Waals surface area contributed by atoms with Crippen molar-refractivity contribution in [3.63, 3.8) is 0 Å². The molecule has 0 amide bonds. The Morgan fingerprint density at radius 3 is 1.97 bits per heavy atom. The van der Waals surface area contributed by atoms with Gasteiger partial charge >= 0.3 is 17.9 Å². The van der Waals surface area contributed by atoms with Crippen LogP contribution in [0.2, 0.25) is 25.2 Å². The molecule has 2 heterocycles. The average Bonchev–Trinajstić information content (AvgIpc) is 3.16. The number of carbonyl (C=O) groups excluding carboxylic acids is 3. The van der Waals surface area contributed by atoms with Crippen molar-refractivity contribution in [1.82, 2.24) is 0 Å². The summed E-state index contributed by atoms with van der Waals surface area (Å²) in [7, 11) is -1.47. The first-order valence-corrected chi connectivity index (χ1v) is 17.9. The fraction of sp³-hybridized carbons (Fsp3) is 0.893. The lowest BCUT2D eigenvalue weighted by Gasteiger charge is -2.40. The second-order valence-electron chi connectivity index (χ2n) is 11.5. The van der Waals surface area contributed by atoms with Crippen molar-refractivity contribution in [3.8, 4) is 0 Å². The van der Waals surface area contributed by atoms with E-state index in [1.165, 1.54) is 78.2 Å². The van der Waals surface area contributed by atoms with E-state index < -0.39 is 62.7 Å². The zero-order valence-electron chi connectivity index (χ0n) is 25.0. The minimum Gasteiger partial charge on any atom is -0.463 e. The minimum atomic E-state index is -1.47. The van der Waals surface area contributed by atoms with E-state index >= 15 is 0 Å². The Morgan fingerprint density at radius 2 is 1.38 bits per heavy atom. The second-order valence-corrected chi connectivity index (χ2v) is 16.9. The molecule has 11 heteroatoms. The van der Waals surface area contributed by atoms with Gasteiger partial charge in [-0.15, -0.1) is 0 Å². The highest BCUT2D eigenvalue weighted by atomic mass is 28.3. The van der Waals surface area contributed by atoms with Gasteiger partial charge in [-0.25, -0.2) is 0 Å². The van der Waals surface area contributed by atoms with E-state index in [1.54, 1.807) is 6.92 Å². The normalized spacial score (nSPS) is 28.5. The van der Waals surface area contributed by atoms with Crippen LogP contribution in [0.5, 0.6) is 0 Å². The van der Waals surface area contributed by atoms with Crippen LogP contribution in [-0.4, -0.2) is 75.9 Å². The van der Waals surface area contributed by atoms with Crippen LogP contribution in [-0.2, 0) is 47.5 Å². The summed E-state index contributed by atoms with van der Waals surface area (Å²) >= 11 is 0. The number of hydrogen-bond acceptors (Lipinski definition) is 10. The number of hydrogen-bond donors (Lipinski definition) is 0. The molecule has 2 rings (SSSR count). The lowest BCUT2D eigenvalue weighted by Crippen LogP contribution is -2.60. The van der Waals surface area contributed by atoms with Crippen molar-refractivity contribution in [2.75, 3.05) is 13.2 Å². The Morgan fingerprint density at radius 1 is 0.795 bits per heavy atom. The van der Waals surface area contributed by atoms with Gasteiger partial charge in [0.15, 0.2) is 24.6 Å². The molecule has 2 fully saturated rings. The summed E-state index contributed by atoms with van der Waals surface area (Å²) in [5, 5.41) is 0. The molecule has 2 aliphatic rings. The van der Waals surface area contributed by atoms with Crippen LogP contribution in [0.3, 0.4) is 0 Å². The van der Waals surface area contributed by atoms with E-state index in [1.807, 2.05) is 0 Å². The molecule has 0 aromatic rings. The van der Waals surface area contributed by atoms with Gasteiger partial charge in [-0.2, -0.15) is 0 Å². The molecule has 226 valence electrons.